The summed E-state index contributed by atoms with van der Waals surface area (Å²) in [5, 5.41) is 23.6. The zero-order chi connectivity index (χ0) is 8.97. The number of rotatable bonds is 4. The molecule has 2 atom stereocenters. The molecule has 0 aromatic carbocycles. The summed E-state index contributed by atoms with van der Waals surface area (Å²) in [7, 11) is 1.74. The minimum atomic E-state index is -0.766. The first-order valence-electron chi connectivity index (χ1n) is 3.80. The molecule has 3 N–H and O–H groups in total. The van der Waals surface area contributed by atoms with Gasteiger partial charge in [0, 0.05) is 11.4 Å². The maximum absolute atomic E-state index is 9.53. The molecule has 3 nitrogen and oxygen atoms in total. The normalized spacial score (nSPS) is 15.9. The summed E-state index contributed by atoms with van der Waals surface area (Å²) in [4.78, 5) is 0.803. The first-order valence-corrected chi connectivity index (χ1v) is 4.68. The Bertz CT molecular complexity index is 213. The van der Waals surface area contributed by atoms with Crippen LogP contribution in [-0.2, 0) is 0 Å². The second-order valence-corrected chi connectivity index (χ2v) is 3.56. The molecule has 12 heavy (non-hydrogen) atoms. The number of aliphatic hydroxyl groups is 2. The van der Waals surface area contributed by atoms with Crippen LogP contribution >= 0.6 is 11.3 Å². The summed E-state index contributed by atoms with van der Waals surface area (Å²) in [5.74, 6) is 0. The number of likely N-dealkylation sites (N-methyl/N-ethyl adjacent to an activating group) is 1. The Kier molecular flexibility index (Phi) is 3.68. The van der Waals surface area contributed by atoms with Gasteiger partial charge in [-0.25, -0.2) is 0 Å². The molecule has 1 aromatic rings. The van der Waals surface area contributed by atoms with E-state index < -0.39 is 12.2 Å². The lowest BCUT2D eigenvalue weighted by atomic mass is 10.2. The molecule has 2 unspecified atom stereocenters. The molecule has 0 saturated heterocycles. The van der Waals surface area contributed by atoms with Crippen molar-refractivity contribution in [2.24, 2.45) is 0 Å². The SMILES string of the molecule is CNCC(O)C(O)c1cccs1. The van der Waals surface area contributed by atoms with Crippen LogP contribution in [-0.4, -0.2) is 29.9 Å². The van der Waals surface area contributed by atoms with Crippen LogP contribution in [0.1, 0.15) is 11.0 Å². The van der Waals surface area contributed by atoms with Crippen LogP contribution in [0.5, 0.6) is 0 Å². The Hall–Kier alpha value is -0.420. The molecular formula is C8H13NO2S. The molecule has 4 heteroatoms. The molecule has 0 radical (unpaired) electrons. The van der Waals surface area contributed by atoms with Crippen LogP contribution in [0.25, 0.3) is 0 Å². The Morgan fingerprint density at radius 1 is 1.58 bits per heavy atom. The summed E-state index contributed by atoms with van der Waals surface area (Å²) in [5.41, 5.74) is 0. The second-order valence-electron chi connectivity index (χ2n) is 2.59. The lowest BCUT2D eigenvalue weighted by molar-refractivity contribution is 0.0224. The summed E-state index contributed by atoms with van der Waals surface area (Å²) in [6.45, 7) is 0.402. The summed E-state index contributed by atoms with van der Waals surface area (Å²) >= 11 is 1.45. The number of thiophene rings is 1. The molecule has 0 amide bonds. The molecule has 0 spiro atoms. The number of aliphatic hydroxyl groups excluding tert-OH is 2. The second kappa shape index (κ2) is 4.57. The van der Waals surface area contributed by atoms with Gasteiger partial charge in [0.15, 0.2) is 0 Å². The van der Waals surface area contributed by atoms with Crippen LogP contribution in [0.15, 0.2) is 17.5 Å². The minimum Gasteiger partial charge on any atom is -0.389 e. The maximum atomic E-state index is 9.53. The fourth-order valence-electron chi connectivity index (χ4n) is 0.970. The van der Waals surface area contributed by atoms with E-state index in [1.54, 1.807) is 7.05 Å². The van der Waals surface area contributed by atoms with Gasteiger partial charge in [-0.3, -0.25) is 0 Å². The van der Waals surface area contributed by atoms with E-state index in [0.717, 1.165) is 4.88 Å². The quantitative estimate of drug-likeness (QED) is 0.638. The third-order valence-electron chi connectivity index (χ3n) is 1.61. The van der Waals surface area contributed by atoms with E-state index in [9.17, 15) is 10.2 Å². The highest BCUT2D eigenvalue weighted by Crippen LogP contribution is 2.21. The van der Waals surface area contributed by atoms with E-state index in [4.69, 9.17) is 0 Å². The Morgan fingerprint density at radius 2 is 2.33 bits per heavy atom. The largest absolute Gasteiger partial charge is 0.389 e. The highest BCUT2D eigenvalue weighted by atomic mass is 32.1. The van der Waals surface area contributed by atoms with Gasteiger partial charge in [-0.2, -0.15) is 0 Å². The van der Waals surface area contributed by atoms with Crippen molar-refractivity contribution in [2.75, 3.05) is 13.6 Å². The highest BCUT2D eigenvalue weighted by molar-refractivity contribution is 7.10. The fraction of sp³-hybridized carbons (Fsp3) is 0.500. The Balaban J connectivity index is 2.53. The highest BCUT2D eigenvalue weighted by Gasteiger charge is 2.17. The first-order chi connectivity index (χ1) is 5.75. The van der Waals surface area contributed by atoms with E-state index in [1.807, 2.05) is 17.5 Å². The van der Waals surface area contributed by atoms with Gasteiger partial charge in [0.2, 0.25) is 0 Å². The van der Waals surface area contributed by atoms with Gasteiger partial charge in [0.1, 0.15) is 6.10 Å². The predicted molar refractivity (Wildman–Crippen MR) is 49.2 cm³/mol. The van der Waals surface area contributed by atoms with Crippen LogP contribution < -0.4 is 5.32 Å². The summed E-state index contributed by atoms with van der Waals surface area (Å²) < 4.78 is 0. The van der Waals surface area contributed by atoms with Crippen molar-refractivity contribution < 1.29 is 10.2 Å². The monoisotopic (exact) mass is 187 g/mol. The molecule has 1 aromatic heterocycles. The Labute approximate surface area is 75.7 Å². The van der Waals surface area contributed by atoms with Gasteiger partial charge in [0.05, 0.1) is 6.10 Å². The summed E-state index contributed by atoms with van der Waals surface area (Å²) in [6, 6.07) is 3.67. The van der Waals surface area contributed by atoms with Crippen LogP contribution in [0.2, 0.25) is 0 Å². The number of hydrogen-bond acceptors (Lipinski definition) is 4. The average Bonchev–Trinajstić information content (AvgIpc) is 2.55. The molecule has 0 aliphatic rings. The summed E-state index contributed by atoms with van der Waals surface area (Å²) in [6.07, 6.45) is -1.49. The van der Waals surface area contributed by atoms with Gasteiger partial charge >= 0.3 is 0 Å². The van der Waals surface area contributed by atoms with E-state index >= 15 is 0 Å². The minimum absolute atomic E-state index is 0.402. The lowest BCUT2D eigenvalue weighted by Crippen LogP contribution is -2.29. The first kappa shape index (κ1) is 9.67. The van der Waals surface area contributed by atoms with E-state index in [-0.39, 0.29) is 0 Å². The van der Waals surface area contributed by atoms with Gasteiger partial charge in [-0.15, -0.1) is 11.3 Å². The van der Waals surface area contributed by atoms with Crippen LogP contribution in [0.4, 0.5) is 0 Å². The molecule has 68 valence electrons. The van der Waals surface area contributed by atoms with Crippen LogP contribution in [0.3, 0.4) is 0 Å². The van der Waals surface area contributed by atoms with Crippen molar-refractivity contribution >= 4 is 11.3 Å². The van der Waals surface area contributed by atoms with Gasteiger partial charge < -0.3 is 15.5 Å². The predicted octanol–water partition coefficient (Wildman–Crippen LogP) is 0.362. The van der Waals surface area contributed by atoms with Gasteiger partial charge in [0.25, 0.3) is 0 Å². The van der Waals surface area contributed by atoms with Crippen molar-refractivity contribution in [3.05, 3.63) is 22.4 Å². The van der Waals surface area contributed by atoms with Crippen molar-refractivity contribution in [3.63, 3.8) is 0 Å². The van der Waals surface area contributed by atoms with Gasteiger partial charge in [-0.05, 0) is 18.5 Å². The fourth-order valence-corrected chi connectivity index (χ4v) is 1.74. The van der Waals surface area contributed by atoms with Crippen molar-refractivity contribution in [1.29, 1.82) is 0 Å². The van der Waals surface area contributed by atoms with Crippen molar-refractivity contribution in [2.45, 2.75) is 12.2 Å². The standard InChI is InChI=1S/C8H13NO2S/c1-9-5-6(10)8(11)7-3-2-4-12-7/h2-4,6,8-11H,5H2,1H3. The van der Waals surface area contributed by atoms with E-state index in [0.29, 0.717) is 6.54 Å². The third-order valence-corrected chi connectivity index (χ3v) is 2.56. The molecule has 1 heterocycles. The Morgan fingerprint density at radius 3 is 2.83 bits per heavy atom. The molecule has 0 bridgehead atoms. The molecule has 0 saturated carbocycles. The van der Waals surface area contributed by atoms with Crippen LogP contribution in [0, 0.1) is 0 Å². The maximum Gasteiger partial charge on any atom is 0.115 e. The molecule has 0 fully saturated rings. The molecular weight excluding hydrogens is 174 g/mol. The lowest BCUT2D eigenvalue weighted by Gasteiger charge is -2.15. The molecule has 1 rings (SSSR count). The zero-order valence-electron chi connectivity index (χ0n) is 6.90. The van der Waals surface area contributed by atoms with E-state index in [1.165, 1.54) is 11.3 Å². The number of hydrogen-bond donors (Lipinski definition) is 3. The molecule has 0 aliphatic carbocycles. The van der Waals surface area contributed by atoms with Crippen molar-refractivity contribution in [3.8, 4) is 0 Å². The van der Waals surface area contributed by atoms with Crippen molar-refractivity contribution in [1.82, 2.24) is 5.32 Å². The zero-order valence-corrected chi connectivity index (χ0v) is 7.71. The third kappa shape index (κ3) is 2.28. The topological polar surface area (TPSA) is 52.5 Å². The number of nitrogens with one attached hydrogen (secondary N) is 1. The average molecular weight is 187 g/mol. The smallest absolute Gasteiger partial charge is 0.115 e. The van der Waals surface area contributed by atoms with E-state index in [2.05, 4.69) is 5.32 Å². The van der Waals surface area contributed by atoms with Gasteiger partial charge in [-0.1, -0.05) is 6.07 Å². The molecule has 0 aliphatic heterocycles.